The van der Waals surface area contributed by atoms with Gasteiger partial charge in [0.1, 0.15) is 24.3 Å². The Hall–Kier alpha value is -1.17. The zero-order valence-electron chi connectivity index (χ0n) is 11.7. The second-order valence-corrected chi connectivity index (χ2v) is 5.24. The predicted molar refractivity (Wildman–Crippen MR) is 74.3 cm³/mol. The van der Waals surface area contributed by atoms with E-state index >= 15 is 0 Å². The van der Waals surface area contributed by atoms with E-state index in [0.29, 0.717) is 24.3 Å². The zero-order valence-corrected chi connectivity index (χ0v) is 11.7. The van der Waals surface area contributed by atoms with Crippen LogP contribution < -0.4 is 10.1 Å². The summed E-state index contributed by atoms with van der Waals surface area (Å²) in [5, 5.41) is 13.2. The maximum atomic E-state index is 12.7. The standard InChI is InChI=1S/C15H22FNO3/c1-11(12-6-7-19-9-12)17-8-14(18)10-20-15-4-2-13(16)3-5-15/h2-5,11-12,14,17-18H,6-10H2,1H3. The van der Waals surface area contributed by atoms with Gasteiger partial charge in [0.05, 0.1) is 6.61 Å². The van der Waals surface area contributed by atoms with Gasteiger partial charge in [-0.1, -0.05) is 0 Å². The minimum atomic E-state index is -0.593. The lowest BCUT2D eigenvalue weighted by Crippen LogP contribution is -2.40. The molecule has 1 aliphatic rings. The number of hydrogen-bond donors (Lipinski definition) is 2. The Morgan fingerprint density at radius 1 is 1.45 bits per heavy atom. The Morgan fingerprint density at radius 2 is 2.20 bits per heavy atom. The number of hydrogen-bond acceptors (Lipinski definition) is 4. The fourth-order valence-electron chi connectivity index (χ4n) is 2.22. The number of halogens is 1. The van der Waals surface area contributed by atoms with Gasteiger partial charge >= 0.3 is 0 Å². The van der Waals surface area contributed by atoms with Gasteiger partial charge in [-0.15, -0.1) is 0 Å². The first-order valence-electron chi connectivity index (χ1n) is 7.02. The highest BCUT2D eigenvalue weighted by molar-refractivity contribution is 5.22. The van der Waals surface area contributed by atoms with Crippen LogP contribution in [0.5, 0.6) is 5.75 Å². The lowest BCUT2D eigenvalue weighted by atomic mass is 10.0. The summed E-state index contributed by atoms with van der Waals surface area (Å²) in [6.45, 7) is 4.38. The van der Waals surface area contributed by atoms with E-state index in [4.69, 9.17) is 9.47 Å². The van der Waals surface area contributed by atoms with Crippen LogP contribution in [0.1, 0.15) is 13.3 Å². The SMILES string of the molecule is CC(NCC(O)COc1ccc(F)cc1)C1CCOC1. The van der Waals surface area contributed by atoms with E-state index in [2.05, 4.69) is 12.2 Å². The van der Waals surface area contributed by atoms with Crippen LogP contribution in [0.15, 0.2) is 24.3 Å². The number of aliphatic hydroxyl groups excluding tert-OH is 1. The Kier molecular flexibility index (Phi) is 5.76. The van der Waals surface area contributed by atoms with E-state index in [9.17, 15) is 9.50 Å². The maximum absolute atomic E-state index is 12.7. The highest BCUT2D eigenvalue weighted by Gasteiger charge is 2.22. The van der Waals surface area contributed by atoms with Crippen molar-refractivity contribution >= 4 is 0 Å². The Morgan fingerprint density at radius 3 is 2.85 bits per heavy atom. The molecule has 0 amide bonds. The minimum Gasteiger partial charge on any atom is -0.491 e. The van der Waals surface area contributed by atoms with Gasteiger partial charge in [0.2, 0.25) is 0 Å². The minimum absolute atomic E-state index is 0.187. The van der Waals surface area contributed by atoms with Gasteiger partial charge in [-0.2, -0.15) is 0 Å². The average molecular weight is 283 g/mol. The molecular formula is C15H22FNO3. The van der Waals surface area contributed by atoms with E-state index < -0.39 is 6.10 Å². The van der Waals surface area contributed by atoms with Crippen molar-refractivity contribution in [3.8, 4) is 5.75 Å². The van der Waals surface area contributed by atoms with Crippen molar-refractivity contribution in [3.63, 3.8) is 0 Å². The van der Waals surface area contributed by atoms with Gasteiger partial charge in [0.15, 0.2) is 0 Å². The number of nitrogens with one attached hydrogen (secondary N) is 1. The first kappa shape index (κ1) is 15.2. The molecule has 3 unspecified atom stereocenters. The van der Waals surface area contributed by atoms with E-state index in [1.165, 1.54) is 12.1 Å². The molecule has 112 valence electrons. The van der Waals surface area contributed by atoms with Crippen molar-refractivity contribution in [3.05, 3.63) is 30.1 Å². The fraction of sp³-hybridized carbons (Fsp3) is 0.600. The molecule has 0 aromatic heterocycles. The first-order valence-corrected chi connectivity index (χ1v) is 7.02. The summed E-state index contributed by atoms with van der Waals surface area (Å²) in [7, 11) is 0. The van der Waals surface area contributed by atoms with Crippen molar-refractivity contribution < 1.29 is 19.0 Å². The molecule has 2 N–H and O–H groups in total. The normalized spacial score (nSPS) is 21.6. The molecule has 1 aromatic carbocycles. The third-order valence-electron chi connectivity index (χ3n) is 3.60. The quantitative estimate of drug-likeness (QED) is 0.798. The lowest BCUT2D eigenvalue weighted by Gasteiger charge is -2.21. The van der Waals surface area contributed by atoms with Crippen LogP contribution in [0.2, 0.25) is 0 Å². The van der Waals surface area contributed by atoms with Crippen LogP contribution in [0.4, 0.5) is 4.39 Å². The molecular weight excluding hydrogens is 261 g/mol. The van der Waals surface area contributed by atoms with Gasteiger partial charge in [-0.3, -0.25) is 0 Å². The van der Waals surface area contributed by atoms with Gasteiger partial charge in [0.25, 0.3) is 0 Å². The Bertz CT molecular complexity index is 393. The summed E-state index contributed by atoms with van der Waals surface area (Å²) in [5.41, 5.74) is 0. The molecule has 2 rings (SSSR count). The molecule has 0 aliphatic carbocycles. The summed E-state index contributed by atoms with van der Waals surface area (Å²) in [6.07, 6.45) is 0.473. The van der Waals surface area contributed by atoms with Crippen LogP contribution >= 0.6 is 0 Å². The first-order chi connectivity index (χ1) is 9.65. The number of benzene rings is 1. The molecule has 0 radical (unpaired) electrons. The molecule has 5 heteroatoms. The highest BCUT2D eigenvalue weighted by atomic mass is 19.1. The summed E-state index contributed by atoms with van der Waals surface area (Å²) in [5.74, 6) is 0.773. The lowest BCUT2D eigenvalue weighted by molar-refractivity contribution is 0.100. The van der Waals surface area contributed by atoms with Crippen molar-refractivity contribution in [2.45, 2.75) is 25.5 Å². The topological polar surface area (TPSA) is 50.7 Å². The third-order valence-corrected chi connectivity index (χ3v) is 3.60. The van der Waals surface area contributed by atoms with Gasteiger partial charge in [0, 0.05) is 19.2 Å². The number of rotatable bonds is 7. The predicted octanol–water partition coefficient (Wildman–Crippen LogP) is 1.58. The van der Waals surface area contributed by atoms with Crippen LogP contribution in [-0.4, -0.2) is 43.6 Å². The van der Waals surface area contributed by atoms with Crippen LogP contribution in [0.3, 0.4) is 0 Å². The molecule has 3 atom stereocenters. The van der Waals surface area contributed by atoms with Crippen LogP contribution in [0.25, 0.3) is 0 Å². The van der Waals surface area contributed by atoms with E-state index in [1.807, 2.05) is 0 Å². The molecule has 0 spiro atoms. The fourth-order valence-corrected chi connectivity index (χ4v) is 2.22. The molecule has 1 fully saturated rings. The van der Waals surface area contributed by atoms with Crippen molar-refractivity contribution in [1.29, 1.82) is 0 Å². The van der Waals surface area contributed by atoms with Crippen LogP contribution in [0, 0.1) is 11.7 Å². The molecule has 1 aromatic rings. The van der Waals surface area contributed by atoms with Gasteiger partial charge < -0.3 is 19.9 Å². The maximum Gasteiger partial charge on any atom is 0.123 e. The molecule has 0 saturated carbocycles. The molecule has 20 heavy (non-hydrogen) atoms. The molecule has 0 bridgehead atoms. The summed E-state index contributed by atoms with van der Waals surface area (Å²) < 4.78 is 23.5. The summed E-state index contributed by atoms with van der Waals surface area (Å²) >= 11 is 0. The Labute approximate surface area is 118 Å². The molecule has 4 nitrogen and oxygen atoms in total. The second kappa shape index (κ2) is 7.57. The number of aliphatic hydroxyl groups is 1. The second-order valence-electron chi connectivity index (χ2n) is 5.24. The zero-order chi connectivity index (χ0) is 14.4. The average Bonchev–Trinajstić information content (AvgIpc) is 2.98. The van der Waals surface area contributed by atoms with Gasteiger partial charge in [-0.05, 0) is 43.5 Å². The van der Waals surface area contributed by atoms with Gasteiger partial charge in [-0.25, -0.2) is 4.39 Å². The number of ether oxygens (including phenoxy) is 2. The van der Waals surface area contributed by atoms with E-state index in [1.54, 1.807) is 12.1 Å². The molecule has 1 heterocycles. The van der Waals surface area contributed by atoms with Crippen LogP contribution in [-0.2, 0) is 4.74 Å². The summed E-state index contributed by atoms with van der Waals surface area (Å²) in [4.78, 5) is 0. The van der Waals surface area contributed by atoms with Crippen molar-refractivity contribution in [2.75, 3.05) is 26.4 Å². The van der Waals surface area contributed by atoms with E-state index in [-0.39, 0.29) is 12.4 Å². The van der Waals surface area contributed by atoms with Crippen molar-refractivity contribution in [2.24, 2.45) is 5.92 Å². The highest BCUT2D eigenvalue weighted by Crippen LogP contribution is 2.16. The third kappa shape index (κ3) is 4.74. The molecule has 1 aliphatic heterocycles. The van der Waals surface area contributed by atoms with Crippen molar-refractivity contribution in [1.82, 2.24) is 5.32 Å². The Balaban J connectivity index is 1.64. The van der Waals surface area contributed by atoms with E-state index in [0.717, 1.165) is 19.6 Å². The molecule has 1 saturated heterocycles. The monoisotopic (exact) mass is 283 g/mol. The smallest absolute Gasteiger partial charge is 0.123 e. The summed E-state index contributed by atoms with van der Waals surface area (Å²) in [6, 6.07) is 6.09. The largest absolute Gasteiger partial charge is 0.491 e.